The smallest absolute Gasteiger partial charge is 0.0867 e. The number of aromatic nitrogens is 3. The van der Waals surface area contributed by atoms with Crippen molar-refractivity contribution in [3.8, 4) is 0 Å². The van der Waals surface area contributed by atoms with Crippen LogP contribution in [0.5, 0.6) is 0 Å². The Morgan fingerprint density at radius 2 is 2.40 bits per heavy atom. The van der Waals surface area contributed by atoms with E-state index >= 15 is 0 Å². The third-order valence-electron chi connectivity index (χ3n) is 2.70. The molecule has 0 saturated heterocycles. The quantitative estimate of drug-likeness (QED) is 0.572. The molecule has 0 aromatic carbocycles. The lowest BCUT2D eigenvalue weighted by Gasteiger charge is -2.02. The number of rotatable bonds is 2. The molecule has 1 atom stereocenters. The van der Waals surface area contributed by atoms with E-state index in [1.54, 1.807) is 4.80 Å². The van der Waals surface area contributed by atoms with Gasteiger partial charge in [-0.15, -0.1) is 11.6 Å². The van der Waals surface area contributed by atoms with E-state index in [1.165, 1.54) is 18.4 Å². The van der Waals surface area contributed by atoms with Gasteiger partial charge in [-0.2, -0.15) is 15.0 Å². The minimum Gasteiger partial charge on any atom is -0.188 e. The highest BCUT2D eigenvalue weighted by Crippen LogP contribution is 2.22. The Balaban J connectivity index is 2.04. The van der Waals surface area contributed by atoms with Gasteiger partial charge >= 0.3 is 0 Å². The summed E-state index contributed by atoms with van der Waals surface area (Å²) in [4.78, 5) is 1.60. The number of halogens is 1. The Bertz CT molecular complexity index is 356. The van der Waals surface area contributed by atoms with Crippen molar-refractivity contribution in [3.63, 3.8) is 0 Å². The summed E-state index contributed by atoms with van der Waals surface area (Å²) in [5.74, 6) is 0. The molecule has 1 aliphatic rings. The molecule has 82 valence electrons. The van der Waals surface area contributed by atoms with Crippen molar-refractivity contribution in [3.05, 3.63) is 23.5 Å². The van der Waals surface area contributed by atoms with Crippen LogP contribution >= 0.6 is 11.6 Å². The van der Waals surface area contributed by atoms with Crippen LogP contribution in [0.2, 0.25) is 0 Å². The first kappa shape index (κ1) is 10.7. The second kappa shape index (κ2) is 4.79. The second-order valence-corrected chi connectivity index (χ2v) is 4.65. The number of allylic oxidation sites excluding steroid dienone is 2. The lowest BCUT2D eigenvalue weighted by atomic mass is 10.1. The summed E-state index contributed by atoms with van der Waals surface area (Å²) >= 11 is 6.17. The van der Waals surface area contributed by atoms with Crippen molar-refractivity contribution < 1.29 is 0 Å². The Labute approximate surface area is 95.1 Å². The largest absolute Gasteiger partial charge is 0.188 e. The molecule has 1 aromatic rings. The van der Waals surface area contributed by atoms with Crippen LogP contribution in [-0.2, 0) is 13.5 Å². The molecule has 0 bridgehead atoms. The topological polar surface area (TPSA) is 30.7 Å². The molecule has 1 unspecified atom stereocenters. The molecule has 1 heterocycles. The molecule has 1 aromatic heterocycles. The fourth-order valence-corrected chi connectivity index (χ4v) is 2.29. The molecule has 2 rings (SSSR count). The molecule has 15 heavy (non-hydrogen) atoms. The fourth-order valence-electron chi connectivity index (χ4n) is 1.96. The molecular formula is C11H16ClN3. The van der Waals surface area contributed by atoms with Crippen molar-refractivity contribution in [1.82, 2.24) is 15.0 Å². The minimum absolute atomic E-state index is 0.208. The van der Waals surface area contributed by atoms with E-state index in [9.17, 15) is 0 Å². The molecular weight excluding hydrogens is 210 g/mol. The number of hydrogen-bond donors (Lipinski definition) is 0. The van der Waals surface area contributed by atoms with Gasteiger partial charge in [-0.05, 0) is 19.3 Å². The lowest BCUT2D eigenvalue weighted by molar-refractivity contribution is 0.645. The van der Waals surface area contributed by atoms with E-state index in [0.29, 0.717) is 0 Å². The van der Waals surface area contributed by atoms with E-state index in [2.05, 4.69) is 16.3 Å². The van der Waals surface area contributed by atoms with Gasteiger partial charge in [0.2, 0.25) is 0 Å². The number of nitrogens with zero attached hydrogens (tertiary/aromatic N) is 3. The molecule has 0 spiro atoms. The van der Waals surface area contributed by atoms with Crippen LogP contribution in [0, 0.1) is 0 Å². The van der Waals surface area contributed by atoms with Gasteiger partial charge in [-0.1, -0.05) is 18.1 Å². The highest BCUT2D eigenvalue weighted by atomic mass is 35.5. The molecule has 3 nitrogen and oxygen atoms in total. The highest BCUT2D eigenvalue weighted by Gasteiger charge is 2.11. The standard InChI is InChI=1S/C11H16ClN3/c1-15-13-8-11(14-15)7-9-4-2-3-5-10(12)6-9/h6,8,10H,2-5,7H2,1H3. The van der Waals surface area contributed by atoms with Gasteiger partial charge in [0, 0.05) is 13.5 Å². The predicted molar refractivity (Wildman–Crippen MR) is 60.9 cm³/mol. The predicted octanol–water partition coefficient (Wildman–Crippen LogP) is 2.47. The lowest BCUT2D eigenvalue weighted by Crippen LogP contribution is -1.97. The average Bonchev–Trinajstić information content (AvgIpc) is 2.46. The van der Waals surface area contributed by atoms with Crippen LogP contribution in [0.25, 0.3) is 0 Å². The van der Waals surface area contributed by atoms with Crippen molar-refractivity contribution in [2.45, 2.75) is 37.5 Å². The summed E-state index contributed by atoms with van der Waals surface area (Å²) in [5.41, 5.74) is 2.45. The molecule has 4 heteroatoms. The number of alkyl halides is 1. The summed E-state index contributed by atoms with van der Waals surface area (Å²) in [5, 5.41) is 8.56. The maximum atomic E-state index is 6.17. The van der Waals surface area contributed by atoms with Gasteiger partial charge in [-0.3, -0.25) is 0 Å². The molecule has 0 radical (unpaired) electrons. The second-order valence-electron chi connectivity index (χ2n) is 4.09. The van der Waals surface area contributed by atoms with E-state index in [-0.39, 0.29) is 5.38 Å². The zero-order valence-electron chi connectivity index (χ0n) is 8.99. The molecule has 0 fully saturated rings. The molecule has 0 amide bonds. The van der Waals surface area contributed by atoms with Crippen molar-refractivity contribution in [1.29, 1.82) is 0 Å². The summed E-state index contributed by atoms with van der Waals surface area (Å²) in [6.07, 6.45) is 9.66. The summed E-state index contributed by atoms with van der Waals surface area (Å²) in [6.45, 7) is 0. The van der Waals surface area contributed by atoms with Crippen LogP contribution in [-0.4, -0.2) is 20.4 Å². The monoisotopic (exact) mass is 225 g/mol. The zero-order valence-corrected chi connectivity index (χ0v) is 9.74. The average molecular weight is 226 g/mol. The number of hydrogen-bond acceptors (Lipinski definition) is 2. The Hall–Kier alpha value is -0.830. The first-order valence-corrected chi connectivity index (χ1v) is 5.86. The maximum Gasteiger partial charge on any atom is 0.0867 e. The molecule has 0 N–H and O–H groups in total. The molecule has 0 aliphatic heterocycles. The first-order valence-electron chi connectivity index (χ1n) is 5.43. The Morgan fingerprint density at radius 1 is 1.53 bits per heavy atom. The van der Waals surface area contributed by atoms with Gasteiger partial charge in [0.25, 0.3) is 0 Å². The van der Waals surface area contributed by atoms with Gasteiger partial charge in [-0.25, -0.2) is 0 Å². The third kappa shape index (κ3) is 3.06. The van der Waals surface area contributed by atoms with E-state index in [0.717, 1.165) is 25.0 Å². The van der Waals surface area contributed by atoms with Crippen LogP contribution in [0.4, 0.5) is 0 Å². The van der Waals surface area contributed by atoms with Crippen molar-refractivity contribution in [2.75, 3.05) is 0 Å². The normalized spacial score (nSPS) is 22.3. The third-order valence-corrected chi connectivity index (χ3v) is 3.04. The van der Waals surface area contributed by atoms with Gasteiger partial charge in [0.05, 0.1) is 17.3 Å². The SMILES string of the molecule is Cn1ncc(CC2=CC(Cl)CCCC2)n1. The Kier molecular flexibility index (Phi) is 3.41. The van der Waals surface area contributed by atoms with Crippen LogP contribution in [0.3, 0.4) is 0 Å². The number of aryl methyl sites for hydroxylation is 1. The van der Waals surface area contributed by atoms with Gasteiger partial charge in [0.1, 0.15) is 0 Å². The molecule has 1 aliphatic carbocycles. The summed E-state index contributed by atoms with van der Waals surface area (Å²) < 4.78 is 0. The van der Waals surface area contributed by atoms with Crippen LogP contribution in [0.1, 0.15) is 31.4 Å². The van der Waals surface area contributed by atoms with Gasteiger partial charge < -0.3 is 0 Å². The van der Waals surface area contributed by atoms with Crippen LogP contribution < -0.4 is 0 Å². The highest BCUT2D eigenvalue weighted by molar-refractivity contribution is 6.21. The minimum atomic E-state index is 0.208. The van der Waals surface area contributed by atoms with Gasteiger partial charge in [0.15, 0.2) is 0 Å². The van der Waals surface area contributed by atoms with Crippen LogP contribution in [0.15, 0.2) is 17.8 Å². The maximum absolute atomic E-state index is 6.17. The summed E-state index contributed by atoms with van der Waals surface area (Å²) in [6, 6.07) is 0. The fraction of sp³-hybridized carbons (Fsp3) is 0.636. The molecule has 0 saturated carbocycles. The van der Waals surface area contributed by atoms with Crippen molar-refractivity contribution in [2.24, 2.45) is 7.05 Å². The van der Waals surface area contributed by atoms with E-state index in [1.807, 2.05) is 13.2 Å². The van der Waals surface area contributed by atoms with E-state index in [4.69, 9.17) is 11.6 Å². The Morgan fingerprint density at radius 3 is 3.13 bits per heavy atom. The van der Waals surface area contributed by atoms with E-state index < -0.39 is 0 Å². The van der Waals surface area contributed by atoms with Crippen molar-refractivity contribution >= 4 is 11.6 Å². The first-order chi connectivity index (χ1) is 7.24. The summed E-state index contributed by atoms with van der Waals surface area (Å²) in [7, 11) is 1.84. The zero-order chi connectivity index (χ0) is 10.7.